The van der Waals surface area contributed by atoms with E-state index in [4.69, 9.17) is 14.5 Å². The fourth-order valence-electron chi connectivity index (χ4n) is 3.95. The summed E-state index contributed by atoms with van der Waals surface area (Å²) in [5, 5.41) is 1.17. The first-order valence-corrected chi connectivity index (χ1v) is 11.7. The zero-order valence-corrected chi connectivity index (χ0v) is 20.8. The van der Waals surface area contributed by atoms with E-state index in [2.05, 4.69) is 69.2 Å². The summed E-state index contributed by atoms with van der Waals surface area (Å²) in [7, 11) is 0. The SMILES string of the molecule is C=CC(=O)OCC(C)(C)COc1ccc2cc(-c3ccc(CC)nc3CC)n(C(C)C)c2c1. The molecule has 2 aromatic heterocycles. The molecule has 0 atom stereocenters. The van der Waals surface area contributed by atoms with Gasteiger partial charge < -0.3 is 14.0 Å². The highest BCUT2D eigenvalue weighted by Crippen LogP contribution is 2.35. The second-order valence-electron chi connectivity index (χ2n) is 9.48. The zero-order valence-electron chi connectivity index (χ0n) is 20.8. The van der Waals surface area contributed by atoms with Gasteiger partial charge in [-0.3, -0.25) is 4.98 Å². The number of hydrogen-bond acceptors (Lipinski definition) is 4. The Kier molecular flexibility index (Phi) is 7.62. The maximum absolute atomic E-state index is 11.4. The average Bonchev–Trinajstić information content (AvgIpc) is 3.19. The summed E-state index contributed by atoms with van der Waals surface area (Å²) in [5.74, 6) is 0.382. The number of nitrogens with zero attached hydrogens (tertiary/aromatic N) is 2. The predicted molar refractivity (Wildman–Crippen MR) is 135 cm³/mol. The zero-order chi connectivity index (χ0) is 24.2. The van der Waals surface area contributed by atoms with Crippen LogP contribution in [0.2, 0.25) is 0 Å². The molecule has 0 aliphatic heterocycles. The summed E-state index contributed by atoms with van der Waals surface area (Å²) in [6.45, 7) is 16.9. The van der Waals surface area contributed by atoms with E-state index >= 15 is 0 Å². The standard InChI is InChI=1S/C28H36N2O3/c1-8-21-12-14-23(24(9-2)29-21)26-15-20-11-13-22(16-25(20)30(26)19(4)5)32-17-28(6,7)18-33-27(31)10-3/h10-16,19H,3,8-9,17-18H2,1-2,4-7H3. The molecule has 0 saturated carbocycles. The van der Waals surface area contributed by atoms with Crippen LogP contribution in [0.5, 0.6) is 5.75 Å². The lowest BCUT2D eigenvalue weighted by atomic mass is 9.96. The van der Waals surface area contributed by atoms with Crippen LogP contribution in [0.3, 0.4) is 0 Å². The van der Waals surface area contributed by atoms with Crippen LogP contribution < -0.4 is 4.74 Å². The number of esters is 1. The Labute approximate surface area is 197 Å². The quantitative estimate of drug-likeness (QED) is 0.261. The molecule has 0 unspecified atom stereocenters. The second-order valence-corrected chi connectivity index (χ2v) is 9.48. The third-order valence-corrected chi connectivity index (χ3v) is 5.74. The smallest absolute Gasteiger partial charge is 0.330 e. The fourth-order valence-corrected chi connectivity index (χ4v) is 3.95. The maximum atomic E-state index is 11.4. The van der Waals surface area contributed by atoms with Crippen molar-refractivity contribution in [2.24, 2.45) is 5.41 Å². The van der Waals surface area contributed by atoms with Crippen molar-refractivity contribution in [3.8, 4) is 17.0 Å². The molecule has 0 aliphatic carbocycles. The molecule has 1 aromatic carbocycles. The number of aryl methyl sites for hydroxylation is 2. The van der Waals surface area contributed by atoms with Gasteiger partial charge in [-0.15, -0.1) is 0 Å². The normalized spacial score (nSPS) is 11.7. The number of hydrogen-bond donors (Lipinski definition) is 0. The van der Waals surface area contributed by atoms with Crippen LogP contribution in [0.1, 0.15) is 59.0 Å². The van der Waals surface area contributed by atoms with Crippen molar-refractivity contribution in [1.29, 1.82) is 0 Å². The first kappa shape index (κ1) is 24.6. The second kappa shape index (κ2) is 10.2. The molecule has 176 valence electrons. The molecule has 0 amide bonds. The van der Waals surface area contributed by atoms with Crippen molar-refractivity contribution in [2.45, 2.75) is 60.4 Å². The van der Waals surface area contributed by atoms with Gasteiger partial charge in [-0.05, 0) is 57.0 Å². The Morgan fingerprint density at radius 1 is 1.12 bits per heavy atom. The van der Waals surface area contributed by atoms with Gasteiger partial charge in [-0.2, -0.15) is 0 Å². The van der Waals surface area contributed by atoms with Crippen molar-refractivity contribution in [2.75, 3.05) is 13.2 Å². The van der Waals surface area contributed by atoms with Crippen LogP contribution >= 0.6 is 0 Å². The molecular formula is C28H36N2O3. The van der Waals surface area contributed by atoms with Gasteiger partial charge in [-0.1, -0.05) is 34.3 Å². The highest BCUT2D eigenvalue weighted by Gasteiger charge is 2.22. The van der Waals surface area contributed by atoms with Crippen molar-refractivity contribution in [3.63, 3.8) is 0 Å². The third-order valence-electron chi connectivity index (χ3n) is 5.74. The molecule has 0 N–H and O–H groups in total. The molecule has 3 rings (SSSR count). The first-order chi connectivity index (χ1) is 15.7. The predicted octanol–water partition coefficient (Wildman–Crippen LogP) is 6.54. The van der Waals surface area contributed by atoms with Gasteiger partial charge in [-0.25, -0.2) is 4.79 Å². The summed E-state index contributed by atoms with van der Waals surface area (Å²) in [6.07, 6.45) is 3.00. The number of fused-ring (bicyclic) bond motifs is 1. The van der Waals surface area contributed by atoms with Crippen molar-refractivity contribution in [3.05, 3.63) is 60.4 Å². The monoisotopic (exact) mass is 448 g/mol. The minimum atomic E-state index is -0.417. The number of carbonyl (C=O) groups is 1. The minimum absolute atomic E-state index is 0.271. The molecule has 5 nitrogen and oxygen atoms in total. The molecule has 0 bridgehead atoms. The van der Waals surface area contributed by atoms with Crippen molar-refractivity contribution < 1.29 is 14.3 Å². The average molecular weight is 449 g/mol. The van der Waals surface area contributed by atoms with E-state index in [0.29, 0.717) is 6.61 Å². The minimum Gasteiger partial charge on any atom is -0.493 e. The van der Waals surface area contributed by atoms with E-state index in [1.54, 1.807) is 0 Å². The lowest BCUT2D eigenvalue weighted by Gasteiger charge is -2.24. The van der Waals surface area contributed by atoms with Crippen molar-refractivity contribution >= 4 is 16.9 Å². The van der Waals surface area contributed by atoms with Gasteiger partial charge in [0.2, 0.25) is 0 Å². The molecule has 0 aliphatic rings. The molecule has 5 heteroatoms. The number of aromatic nitrogens is 2. The van der Waals surface area contributed by atoms with E-state index in [1.807, 2.05) is 19.9 Å². The van der Waals surface area contributed by atoms with E-state index in [0.717, 1.165) is 35.5 Å². The van der Waals surface area contributed by atoms with Gasteiger partial charge in [0.25, 0.3) is 0 Å². The highest BCUT2D eigenvalue weighted by atomic mass is 16.5. The number of carbonyl (C=O) groups excluding carboxylic acids is 1. The Balaban J connectivity index is 1.93. The van der Waals surface area contributed by atoms with Crippen molar-refractivity contribution in [1.82, 2.24) is 9.55 Å². The molecule has 33 heavy (non-hydrogen) atoms. The first-order valence-electron chi connectivity index (χ1n) is 11.7. The largest absolute Gasteiger partial charge is 0.493 e. The van der Waals surface area contributed by atoms with Gasteiger partial charge in [0.1, 0.15) is 5.75 Å². The maximum Gasteiger partial charge on any atom is 0.330 e. The van der Waals surface area contributed by atoms with E-state index in [9.17, 15) is 4.79 Å². The van der Waals surface area contributed by atoms with Gasteiger partial charge >= 0.3 is 5.97 Å². The number of ether oxygens (including phenoxy) is 2. The van der Waals surface area contributed by atoms with Gasteiger partial charge in [0, 0.05) is 45.9 Å². The fraction of sp³-hybridized carbons (Fsp3) is 0.429. The molecular weight excluding hydrogens is 412 g/mol. The summed E-state index contributed by atoms with van der Waals surface area (Å²) < 4.78 is 13.7. The van der Waals surface area contributed by atoms with Crippen LogP contribution in [0.25, 0.3) is 22.2 Å². The number of rotatable bonds is 10. The third kappa shape index (κ3) is 5.65. The van der Waals surface area contributed by atoms with E-state index in [1.165, 1.54) is 22.7 Å². The van der Waals surface area contributed by atoms with Crippen LogP contribution in [0.15, 0.2) is 49.1 Å². The van der Waals surface area contributed by atoms with Crippen LogP contribution in [-0.4, -0.2) is 28.7 Å². The molecule has 0 spiro atoms. The van der Waals surface area contributed by atoms with E-state index < -0.39 is 5.97 Å². The number of pyridine rings is 1. The molecule has 0 radical (unpaired) electrons. The van der Waals surface area contributed by atoms with Gasteiger partial charge in [0.15, 0.2) is 0 Å². The van der Waals surface area contributed by atoms with Gasteiger partial charge in [0.05, 0.1) is 24.4 Å². The molecule has 2 heterocycles. The lowest BCUT2D eigenvalue weighted by molar-refractivity contribution is -0.141. The Morgan fingerprint density at radius 2 is 1.88 bits per heavy atom. The summed E-state index contributed by atoms with van der Waals surface area (Å²) >= 11 is 0. The lowest BCUT2D eigenvalue weighted by Crippen LogP contribution is -2.28. The van der Waals surface area contributed by atoms with Crippen LogP contribution in [0.4, 0.5) is 0 Å². The topological polar surface area (TPSA) is 53.4 Å². The Hall–Kier alpha value is -3.08. The molecule has 3 aromatic rings. The number of benzene rings is 1. The van der Waals surface area contributed by atoms with Crippen LogP contribution in [0, 0.1) is 5.41 Å². The van der Waals surface area contributed by atoms with E-state index in [-0.39, 0.29) is 18.1 Å². The summed E-state index contributed by atoms with van der Waals surface area (Å²) in [4.78, 5) is 16.3. The Bertz CT molecular complexity index is 1140. The highest BCUT2D eigenvalue weighted by molar-refractivity contribution is 5.88. The van der Waals surface area contributed by atoms with Crippen LogP contribution in [-0.2, 0) is 22.4 Å². The summed E-state index contributed by atoms with van der Waals surface area (Å²) in [6, 6.07) is 13.1. The molecule has 0 saturated heterocycles. The summed E-state index contributed by atoms with van der Waals surface area (Å²) in [5.41, 5.74) is 5.44. The molecule has 0 fully saturated rings. The Morgan fingerprint density at radius 3 is 2.52 bits per heavy atom.